The Bertz CT molecular complexity index is 1310. The van der Waals surface area contributed by atoms with Gasteiger partial charge in [0.1, 0.15) is 5.75 Å². The normalized spacial score (nSPS) is 14.4. The maximum Gasteiger partial charge on any atom is 0.333 e. The van der Waals surface area contributed by atoms with Crippen molar-refractivity contribution in [3.63, 3.8) is 0 Å². The van der Waals surface area contributed by atoms with Gasteiger partial charge in [0.05, 0.1) is 30.4 Å². The Hall–Kier alpha value is -3.47. The number of aromatic nitrogens is 3. The Labute approximate surface area is 207 Å². The van der Waals surface area contributed by atoms with Gasteiger partial charge in [-0.2, -0.15) is 13.9 Å². The number of carbonyl (C=O) groups is 1. The number of methoxy groups -OCH3 is 1. The summed E-state index contributed by atoms with van der Waals surface area (Å²) in [6, 6.07) is 3.35. The summed E-state index contributed by atoms with van der Waals surface area (Å²) in [4.78, 5) is 30.7. The number of H-pyrrole nitrogens is 1. The van der Waals surface area contributed by atoms with Gasteiger partial charge in [0.25, 0.3) is 11.5 Å². The number of aryl methyl sites for hydroxylation is 1. The Morgan fingerprint density at radius 1 is 1.33 bits per heavy atom. The monoisotopic (exact) mass is 503 g/mol. The van der Waals surface area contributed by atoms with Gasteiger partial charge in [0.15, 0.2) is 0 Å². The van der Waals surface area contributed by atoms with Crippen molar-refractivity contribution in [1.29, 1.82) is 0 Å². The molecule has 1 aliphatic heterocycles. The fourth-order valence-corrected chi connectivity index (χ4v) is 4.87. The number of alkyl halides is 2. The third-order valence-electron chi connectivity index (χ3n) is 6.64. The van der Waals surface area contributed by atoms with Crippen LogP contribution in [0, 0.1) is 13.8 Å². The zero-order valence-electron chi connectivity index (χ0n) is 20.9. The summed E-state index contributed by atoms with van der Waals surface area (Å²) >= 11 is 0. The summed E-state index contributed by atoms with van der Waals surface area (Å²) in [5, 5.41) is 7.40. The smallest absolute Gasteiger partial charge is 0.333 e. The largest absolute Gasteiger partial charge is 0.496 e. The second kappa shape index (κ2) is 10.7. The first kappa shape index (κ1) is 25.6. The molecule has 2 N–H and O–H groups in total. The van der Waals surface area contributed by atoms with Crippen LogP contribution < -0.4 is 20.5 Å². The lowest BCUT2D eigenvalue weighted by Crippen LogP contribution is -2.40. The summed E-state index contributed by atoms with van der Waals surface area (Å²) in [6.45, 7) is 4.55. The van der Waals surface area contributed by atoms with Gasteiger partial charge in [-0.1, -0.05) is 0 Å². The van der Waals surface area contributed by atoms with Crippen molar-refractivity contribution in [3.05, 3.63) is 51.1 Å². The quantitative estimate of drug-likeness (QED) is 0.486. The number of aromatic amines is 1. The molecule has 4 rings (SSSR count). The summed E-state index contributed by atoms with van der Waals surface area (Å²) in [6.07, 6.45) is 2.93. The summed E-state index contributed by atoms with van der Waals surface area (Å²) in [5.41, 5.74) is 2.56. The van der Waals surface area contributed by atoms with Crippen molar-refractivity contribution >= 4 is 22.5 Å². The number of carbonyl (C=O) groups excluding carboxylic acids is 1. The van der Waals surface area contributed by atoms with Gasteiger partial charge in [-0.05, 0) is 51.3 Å². The second-order valence-electron chi connectivity index (χ2n) is 8.86. The van der Waals surface area contributed by atoms with Crippen molar-refractivity contribution in [2.45, 2.75) is 52.7 Å². The number of nitrogens with one attached hydrogen (secondary N) is 2. The van der Waals surface area contributed by atoms with E-state index >= 15 is 0 Å². The van der Waals surface area contributed by atoms with Crippen LogP contribution in [0.4, 0.5) is 14.5 Å². The summed E-state index contributed by atoms with van der Waals surface area (Å²) < 4.78 is 38.5. The fraction of sp³-hybridized carbons (Fsp3) is 0.480. The molecule has 2 aromatic heterocycles. The Morgan fingerprint density at radius 3 is 2.69 bits per heavy atom. The lowest BCUT2D eigenvalue weighted by Gasteiger charge is -2.37. The van der Waals surface area contributed by atoms with Gasteiger partial charge >= 0.3 is 6.55 Å². The average molecular weight is 504 g/mol. The number of fused-ring (bicyclic) bond motifs is 1. The fourth-order valence-electron chi connectivity index (χ4n) is 4.87. The minimum absolute atomic E-state index is 0.0621. The van der Waals surface area contributed by atoms with Gasteiger partial charge in [0.2, 0.25) is 0 Å². The first-order valence-corrected chi connectivity index (χ1v) is 11.9. The van der Waals surface area contributed by atoms with Crippen LogP contribution in [0.1, 0.15) is 53.5 Å². The number of nitrogens with zero attached hydrogens (tertiary/aromatic N) is 3. The minimum atomic E-state index is -2.80. The molecule has 9 nitrogen and oxygen atoms in total. The molecule has 0 saturated carbocycles. The van der Waals surface area contributed by atoms with Crippen LogP contribution in [0.3, 0.4) is 0 Å². The highest BCUT2D eigenvalue weighted by Gasteiger charge is 2.27. The standard InChI is InChI=1S/C25H31F2N5O4/c1-5-31(16-6-8-36-9-7-16)22-15(3)17(11-20-19(22)13-32(30-20)25(26)27)23(33)28-12-18-21(35-4)10-14(2)29-24(18)34/h10-11,13,16,25H,5-9,12H2,1-4H3,(H,28,33)(H,29,34). The van der Waals surface area contributed by atoms with Crippen LogP contribution in [0.2, 0.25) is 0 Å². The molecule has 194 valence electrons. The second-order valence-corrected chi connectivity index (χ2v) is 8.86. The number of ether oxygens (including phenoxy) is 2. The Morgan fingerprint density at radius 2 is 2.06 bits per heavy atom. The number of benzene rings is 1. The molecule has 1 aliphatic rings. The molecule has 1 aromatic carbocycles. The van der Waals surface area contributed by atoms with Gasteiger partial charge in [-0.15, -0.1) is 0 Å². The minimum Gasteiger partial charge on any atom is -0.496 e. The molecule has 3 aromatic rings. The van der Waals surface area contributed by atoms with Crippen LogP contribution in [-0.2, 0) is 11.3 Å². The highest BCUT2D eigenvalue weighted by molar-refractivity contribution is 6.05. The molecule has 11 heteroatoms. The predicted octanol–water partition coefficient (Wildman–Crippen LogP) is 3.68. The van der Waals surface area contributed by atoms with E-state index in [1.807, 2.05) is 13.8 Å². The van der Waals surface area contributed by atoms with Crippen LogP contribution in [0.15, 0.2) is 23.1 Å². The van der Waals surface area contributed by atoms with E-state index in [4.69, 9.17) is 9.47 Å². The molecular weight excluding hydrogens is 472 g/mol. The first-order chi connectivity index (χ1) is 17.2. The molecule has 0 radical (unpaired) electrons. The molecule has 0 spiro atoms. The van der Waals surface area contributed by atoms with Crippen LogP contribution in [0.5, 0.6) is 5.75 Å². The molecule has 0 aliphatic carbocycles. The molecule has 1 amide bonds. The molecule has 0 atom stereocenters. The van der Waals surface area contributed by atoms with Crippen LogP contribution >= 0.6 is 0 Å². The predicted molar refractivity (Wildman–Crippen MR) is 132 cm³/mol. The van der Waals surface area contributed by atoms with E-state index in [-0.39, 0.29) is 23.7 Å². The van der Waals surface area contributed by atoms with E-state index in [0.29, 0.717) is 63.6 Å². The molecule has 1 fully saturated rings. The Kier molecular flexibility index (Phi) is 7.58. The number of anilines is 1. The van der Waals surface area contributed by atoms with Gasteiger partial charge in [-0.3, -0.25) is 9.59 Å². The molecular formula is C25H31F2N5O4. The first-order valence-electron chi connectivity index (χ1n) is 11.9. The lowest BCUT2D eigenvalue weighted by molar-refractivity contribution is 0.0574. The van der Waals surface area contributed by atoms with Crippen molar-refractivity contribution in [2.24, 2.45) is 0 Å². The topological polar surface area (TPSA) is 101 Å². The van der Waals surface area contributed by atoms with Gasteiger partial charge in [-0.25, -0.2) is 4.68 Å². The number of halogens is 2. The maximum absolute atomic E-state index is 13.5. The number of pyridine rings is 1. The molecule has 3 heterocycles. The highest BCUT2D eigenvalue weighted by Crippen LogP contribution is 2.36. The van der Waals surface area contributed by atoms with E-state index in [0.717, 1.165) is 12.8 Å². The number of amides is 1. The van der Waals surface area contributed by atoms with Gasteiger partial charge in [0, 0.05) is 48.6 Å². The summed E-state index contributed by atoms with van der Waals surface area (Å²) in [5.74, 6) is -0.0657. The third-order valence-corrected chi connectivity index (χ3v) is 6.64. The van der Waals surface area contributed by atoms with E-state index < -0.39 is 12.5 Å². The number of rotatable bonds is 8. The third kappa shape index (κ3) is 4.92. The molecule has 36 heavy (non-hydrogen) atoms. The van der Waals surface area contributed by atoms with E-state index in [1.54, 1.807) is 13.0 Å². The van der Waals surface area contributed by atoms with Gasteiger partial charge < -0.3 is 24.7 Å². The van der Waals surface area contributed by atoms with Crippen molar-refractivity contribution in [3.8, 4) is 5.75 Å². The average Bonchev–Trinajstić information content (AvgIpc) is 3.29. The van der Waals surface area contributed by atoms with E-state index in [2.05, 4.69) is 20.3 Å². The number of hydrogen-bond acceptors (Lipinski definition) is 6. The zero-order chi connectivity index (χ0) is 26.0. The van der Waals surface area contributed by atoms with Crippen molar-refractivity contribution in [2.75, 3.05) is 31.8 Å². The van der Waals surface area contributed by atoms with Crippen LogP contribution in [-0.4, -0.2) is 53.6 Å². The zero-order valence-corrected chi connectivity index (χ0v) is 20.9. The Balaban J connectivity index is 1.75. The molecule has 1 saturated heterocycles. The molecule has 0 unspecified atom stereocenters. The molecule has 0 bridgehead atoms. The van der Waals surface area contributed by atoms with E-state index in [9.17, 15) is 18.4 Å². The van der Waals surface area contributed by atoms with Crippen molar-refractivity contribution < 1.29 is 23.0 Å². The van der Waals surface area contributed by atoms with Crippen LogP contribution in [0.25, 0.3) is 10.9 Å². The number of hydrogen-bond donors (Lipinski definition) is 2. The van der Waals surface area contributed by atoms with E-state index in [1.165, 1.54) is 19.4 Å². The highest BCUT2D eigenvalue weighted by atomic mass is 19.3. The summed E-state index contributed by atoms with van der Waals surface area (Å²) in [7, 11) is 1.46. The maximum atomic E-state index is 13.5. The SMILES string of the molecule is CCN(c1c(C)c(C(=O)NCc2c(OC)cc(C)[nH]c2=O)cc2nn(C(F)F)cc12)C1CCOCC1. The van der Waals surface area contributed by atoms with Crippen molar-refractivity contribution in [1.82, 2.24) is 20.1 Å². The lowest BCUT2D eigenvalue weighted by atomic mass is 9.98.